The van der Waals surface area contributed by atoms with Gasteiger partial charge in [-0.2, -0.15) is 0 Å². The predicted molar refractivity (Wildman–Crippen MR) is 182 cm³/mol. The van der Waals surface area contributed by atoms with Crippen molar-refractivity contribution in [3.8, 4) is 0 Å². The molecule has 0 unspecified atom stereocenters. The van der Waals surface area contributed by atoms with Crippen LogP contribution in [0.3, 0.4) is 0 Å². The second-order valence-electron chi connectivity index (χ2n) is 13.0. The highest BCUT2D eigenvalue weighted by Gasteiger charge is 2.75. The van der Waals surface area contributed by atoms with Gasteiger partial charge >= 0.3 is 5.97 Å². The zero-order chi connectivity index (χ0) is 34.4. The number of aliphatic hydroxyl groups excluding tert-OH is 1. The molecule has 3 aliphatic rings. The Labute approximate surface area is 282 Å². The number of fused-ring (bicyclic) bond motifs is 1. The van der Waals surface area contributed by atoms with E-state index in [0.29, 0.717) is 37.7 Å². The smallest absolute Gasteiger partial charge is 0.313 e. The first kappa shape index (κ1) is 35.0. The van der Waals surface area contributed by atoms with Crippen molar-refractivity contribution in [1.82, 2.24) is 10.2 Å². The summed E-state index contributed by atoms with van der Waals surface area (Å²) in [5, 5.41) is 12.4. The lowest BCUT2D eigenvalue weighted by Crippen LogP contribution is -2.56. The maximum absolute atomic E-state index is 14.8. The van der Waals surface area contributed by atoms with Crippen LogP contribution in [0.2, 0.25) is 0 Å². The highest BCUT2D eigenvalue weighted by Crippen LogP contribution is 2.59. The number of esters is 1. The number of nitrogens with zero attached hydrogens (tertiary/aromatic N) is 2. The van der Waals surface area contributed by atoms with E-state index in [4.69, 9.17) is 9.47 Å². The molecule has 1 spiro atoms. The Balaban J connectivity index is 1.47. The predicted octanol–water partition coefficient (Wildman–Crippen LogP) is 4.34. The Hall–Kier alpha value is -4.28. The van der Waals surface area contributed by atoms with Gasteiger partial charge in [0.1, 0.15) is 17.7 Å². The summed E-state index contributed by atoms with van der Waals surface area (Å²) in [6.07, 6.45) is 4.64. The highest BCUT2D eigenvalue weighted by atomic mass is 16.6. The fourth-order valence-corrected chi connectivity index (χ4v) is 7.78. The van der Waals surface area contributed by atoms with Crippen molar-refractivity contribution in [2.75, 3.05) is 31.1 Å². The minimum atomic E-state index is -1.21. The summed E-state index contributed by atoms with van der Waals surface area (Å²) < 4.78 is 12.8. The number of carbonyl (C=O) groups is 4. The van der Waals surface area contributed by atoms with Gasteiger partial charge in [-0.15, -0.1) is 13.2 Å². The summed E-state index contributed by atoms with van der Waals surface area (Å²) in [7, 11) is 0. The molecule has 10 heteroatoms. The minimum Gasteiger partial charge on any atom is -0.455 e. The second-order valence-corrected chi connectivity index (χ2v) is 13.0. The molecule has 3 amide bonds. The quantitative estimate of drug-likeness (QED) is 0.156. The van der Waals surface area contributed by atoms with Gasteiger partial charge in [-0.3, -0.25) is 19.2 Å². The average Bonchev–Trinajstić information content (AvgIpc) is 3.72. The normalized spacial score (nSPS) is 24.6. The van der Waals surface area contributed by atoms with Gasteiger partial charge in [0, 0.05) is 31.8 Å². The molecule has 0 aliphatic carbocycles. The van der Waals surface area contributed by atoms with Crippen molar-refractivity contribution in [3.05, 3.63) is 90.5 Å². The molecule has 256 valence electrons. The Morgan fingerprint density at radius 2 is 1.83 bits per heavy atom. The Morgan fingerprint density at radius 3 is 2.50 bits per heavy atom. The summed E-state index contributed by atoms with van der Waals surface area (Å²) in [5.74, 6) is -3.20. The molecule has 6 atom stereocenters. The number of aryl methyl sites for hydroxylation is 2. The maximum atomic E-state index is 14.8. The number of anilines is 1. The van der Waals surface area contributed by atoms with E-state index in [1.807, 2.05) is 62.4 Å². The Kier molecular flexibility index (Phi) is 11.2. The number of nitrogens with one attached hydrogen (secondary N) is 1. The van der Waals surface area contributed by atoms with Crippen LogP contribution in [0, 0.1) is 25.7 Å². The molecule has 10 nitrogen and oxygen atoms in total. The first-order valence-electron chi connectivity index (χ1n) is 16.9. The third kappa shape index (κ3) is 6.69. The number of ether oxygens (including phenoxy) is 2. The summed E-state index contributed by atoms with van der Waals surface area (Å²) in [6, 6.07) is 14.0. The van der Waals surface area contributed by atoms with E-state index in [2.05, 4.69) is 18.5 Å². The van der Waals surface area contributed by atoms with Gasteiger partial charge < -0.3 is 29.7 Å². The molecule has 3 fully saturated rings. The summed E-state index contributed by atoms with van der Waals surface area (Å²) in [6.45, 7) is 11.9. The van der Waals surface area contributed by atoms with Gasteiger partial charge in [0.25, 0.3) is 5.91 Å². The fraction of sp³-hybridized carbons (Fsp3) is 0.474. The first-order chi connectivity index (χ1) is 23.2. The van der Waals surface area contributed by atoms with Crippen LogP contribution in [0.4, 0.5) is 5.69 Å². The number of aliphatic hydroxyl groups is 1. The summed E-state index contributed by atoms with van der Waals surface area (Å²) in [5.41, 5.74) is 2.08. The largest absolute Gasteiger partial charge is 0.455 e. The minimum absolute atomic E-state index is 0.0429. The van der Waals surface area contributed by atoms with E-state index in [1.54, 1.807) is 22.0 Å². The lowest BCUT2D eigenvalue weighted by atomic mass is 9.70. The summed E-state index contributed by atoms with van der Waals surface area (Å²) in [4.78, 5) is 59.1. The molecule has 3 heterocycles. The Bertz CT molecular complexity index is 1510. The molecule has 0 radical (unpaired) electrons. The van der Waals surface area contributed by atoms with Gasteiger partial charge in [0.05, 0.1) is 24.5 Å². The van der Waals surface area contributed by atoms with Crippen LogP contribution in [0.15, 0.2) is 73.8 Å². The molecule has 2 aromatic rings. The number of likely N-dealkylation sites (tertiary alicyclic amines) is 1. The zero-order valence-electron chi connectivity index (χ0n) is 27.9. The van der Waals surface area contributed by atoms with E-state index in [-0.39, 0.29) is 50.4 Å². The van der Waals surface area contributed by atoms with E-state index in [9.17, 15) is 24.3 Å². The van der Waals surface area contributed by atoms with Crippen molar-refractivity contribution < 1.29 is 33.8 Å². The topological polar surface area (TPSA) is 125 Å². The molecule has 5 rings (SSSR count). The number of carbonyl (C=O) groups excluding carboxylic acids is 4. The zero-order valence-corrected chi connectivity index (χ0v) is 27.9. The van der Waals surface area contributed by atoms with Crippen molar-refractivity contribution in [1.29, 1.82) is 0 Å². The van der Waals surface area contributed by atoms with Gasteiger partial charge in [-0.1, -0.05) is 60.7 Å². The van der Waals surface area contributed by atoms with Crippen molar-refractivity contribution in [2.24, 2.45) is 11.8 Å². The number of unbranched alkanes of at least 4 members (excludes halogenated alkanes) is 1. The molecule has 48 heavy (non-hydrogen) atoms. The van der Waals surface area contributed by atoms with Crippen LogP contribution < -0.4 is 10.2 Å². The number of hydrogen-bond acceptors (Lipinski definition) is 7. The van der Waals surface area contributed by atoms with Gasteiger partial charge in [0.15, 0.2) is 0 Å². The van der Waals surface area contributed by atoms with E-state index in [1.165, 1.54) is 0 Å². The molecule has 0 saturated carbocycles. The second kappa shape index (κ2) is 15.3. The van der Waals surface area contributed by atoms with Gasteiger partial charge in [-0.25, -0.2) is 0 Å². The lowest BCUT2D eigenvalue weighted by molar-refractivity contribution is -0.160. The molecule has 2 N–H and O–H groups in total. The number of rotatable bonds is 16. The monoisotopic (exact) mass is 657 g/mol. The van der Waals surface area contributed by atoms with Crippen LogP contribution in [-0.2, 0) is 28.7 Å². The van der Waals surface area contributed by atoms with Crippen LogP contribution in [0.1, 0.15) is 61.3 Å². The fourth-order valence-electron chi connectivity index (χ4n) is 7.78. The van der Waals surface area contributed by atoms with Crippen LogP contribution in [-0.4, -0.2) is 77.7 Å². The van der Waals surface area contributed by atoms with E-state index >= 15 is 0 Å². The molecule has 2 aromatic carbocycles. The SMILES string of the molecule is C=CCCC(=O)NC[C@@H](OC(=O)[C@@H]1[C@@H]2CC[C@]3(O2)[C@H](C(=O)N(CC=C)c2c(C)cccc2C)N(CCCCO)C(=O)[C@@H]13)c1ccccc1. The number of amides is 3. The number of benzene rings is 2. The number of para-hydroxylation sites is 1. The van der Waals surface area contributed by atoms with Crippen molar-refractivity contribution in [3.63, 3.8) is 0 Å². The number of allylic oxidation sites excluding steroid dienone is 1. The van der Waals surface area contributed by atoms with Crippen LogP contribution in [0.25, 0.3) is 0 Å². The molecule has 0 aromatic heterocycles. The first-order valence-corrected chi connectivity index (χ1v) is 16.9. The molecule has 3 aliphatic heterocycles. The van der Waals surface area contributed by atoms with E-state index in [0.717, 1.165) is 16.8 Å². The third-order valence-electron chi connectivity index (χ3n) is 9.89. The highest BCUT2D eigenvalue weighted by molar-refractivity contribution is 6.05. The molecule has 3 saturated heterocycles. The Morgan fingerprint density at radius 1 is 1.10 bits per heavy atom. The molecule has 2 bridgehead atoms. The lowest BCUT2D eigenvalue weighted by Gasteiger charge is -2.37. The van der Waals surface area contributed by atoms with Gasteiger partial charge in [0.2, 0.25) is 11.8 Å². The third-order valence-corrected chi connectivity index (χ3v) is 9.89. The average molecular weight is 658 g/mol. The number of hydrogen-bond donors (Lipinski definition) is 2. The molecular formula is C38H47N3O7. The maximum Gasteiger partial charge on any atom is 0.313 e. The molecular weight excluding hydrogens is 610 g/mol. The summed E-state index contributed by atoms with van der Waals surface area (Å²) >= 11 is 0. The van der Waals surface area contributed by atoms with Crippen molar-refractivity contribution in [2.45, 2.75) is 76.2 Å². The van der Waals surface area contributed by atoms with Crippen molar-refractivity contribution >= 4 is 29.4 Å². The standard InChI is InChI=1S/C38H47N3O7/c1-5-7-18-30(43)39-24-29(27-16-9-8-10-17-27)47-37(46)31-28-19-20-38(48-28)32(31)35(44)41(22-11-12-23-42)34(38)36(45)40(21-6-2)33-25(3)14-13-15-26(33)4/h5-6,8-10,13-17,28-29,31-32,34,42H,1-2,7,11-12,18-24H2,3-4H3,(H,39,43)/t28-,29+,31+,32+,34-,38+/m0/s1. The van der Waals surface area contributed by atoms with Gasteiger partial charge in [-0.05, 0) is 62.6 Å². The van der Waals surface area contributed by atoms with Crippen LogP contribution >= 0.6 is 0 Å². The van der Waals surface area contributed by atoms with Crippen LogP contribution in [0.5, 0.6) is 0 Å². The van der Waals surface area contributed by atoms with E-state index < -0.39 is 41.7 Å².